The van der Waals surface area contributed by atoms with Gasteiger partial charge in [0, 0.05) is 24.0 Å². The number of ether oxygens (including phenoxy) is 1. The number of rotatable bonds is 7. The minimum Gasteiger partial charge on any atom is -0.490 e. The number of benzene rings is 2. The Morgan fingerprint density at radius 3 is 2.60 bits per heavy atom. The second-order valence-corrected chi connectivity index (χ2v) is 8.90. The standard InChI is InChI=1S/C26H28F3N3O3/c1-3-17-14-19(8-9-21(17)30-2)35-18-10-12-25(13-11-18)20-6-4-5-7-22(20)32(24(25)34)15-23(33)31-16-26(27,28)29/h3-9,14,18,30H,1,10-13,15-16H2,2H3,(H,31,33). The molecule has 4 rings (SSSR count). The highest BCUT2D eigenvalue weighted by Gasteiger charge is 2.52. The number of amides is 2. The van der Waals surface area contributed by atoms with Gasteiger partial charge in [-0.15, -0.1) is 0 Å². The topological polar surface area (TPSA) is 70.7 Å². The lowest BCUT2D eigenvalue weighted by Crippen LogP contribution is -2.48. The molecule has 2 amide bonds. The number of hydrogen-bond acceptors (Lipinski definition) is 4. The third kappa shape index (κ3) is 4.99. The summed E-state index contributed by atoms with van der Waals surface area (Å²) in [5.41, 5.74) is 2.47. The van der Waals surface area contributed by atoms with Gasteiger partial charge in [0.1, 0.15) is 18.8 Å². The Bertz CT molecular complexity index is 1120. The van der Waals surface area contributed by atoms with E-state index in [1.165, 1.54) is 4.90 Å². The molecule has 1 spiro atoms. The molecule has 0 unspecified atom stereocenters. The summed E-state index contributed by atoms with van der Waals surface area (Å²) in [6.45, 7) is 1.96. The van der Waals surface area contributed by atoms with E-state index in [1.807, 2.05) is 42.7 Å². The average Bonchev–Trinajstić information content (AvgIpc) is 3.06. The van der Waals surface area contributed by atoms with Gasteiger partial charge in [-0.25, -0.2) is 0 Å². The van der Waals surface area contributed by atoms with Gasteiger partial charge in [-0.05, 0) is 55.5 Å². The second-order valence-electron chi connectivity index (χ2n) is 8.90. The van der Waals surface area contributed by atoms with Gasteiger partial charge in [0.15, 0.2) is 0 Å². The predicted octanol–water partition coefficient (Wildman–Crippen LogP) is 4.66. The van der Waals surface area contributed by atoms with Crippen LogP contribution in [0.3, 0.4) is 0 Å². The first-order valence-electron chi connectivity index (χ1n) is 11.5. The number of halogens is 3. The summed E-state index contributed by atoms with van der Waals surface area (Å²) in [6, 6.07) is 12.9. The van der Waals surface area contributed by atoms with Crippen LogP contribution in [0.5, 0.6) is 5.75 Å². The van der Waals surface area contributed by atoms with Gasteiger partial charge < -0.3 is 20.3 Å². The Morgan fingerprint density at radius 2 is 1.94 bits per heavy atom. The van der Waals surface area contributed by atoms with Gasteiger partial charge in [0.05, 0.1) is 11.5 Å². The highest BCUT2D eigenvalue weighted by Crippen LogP contribution is 2.50. The van der Waals surface area contributed by atoms with Gasteiger partial charge in [-0.1, -0.05) is 30.9 Å². The maximum atomic E-state index is 13.6. The Hall–Kier alpha value is -3.49. The Morgan fingerprint density at radius 1 is 1.23 bits per heavy atom. The van der Waals surface area contributed by atoms with E-state index in [0.717, 1.165) is 22.6 Å². The SMILES string of the molecule is C=Cc1cc(OC2CCC3(CC2)C(=O)N(CC(=O)NCC(F)(F)F)c2ccccc23)ccc1NC. The molecule has 2 aromatic carbocycles. The van der Waals surface area contributed by atoms with Gasteiger partial charge >= 0.3 is 6.18 Å². The first-order chi connectivity index (χ1) is 16.7. The number of para-hydroxylation sites is 1. The highest BCUT2D eigenvalue weighted by atomic mass is 19.4. The van der Waals surface area contributed by atoms with E-state index >= 15 is 0 Å². The quantitative estimate of drug-likeness (QED) is 0.596. The van der Waals surface area contributed by atoms with Crippen LogP contribution in [0.25, 0.3) is 6.08 Å². The first kappa shape index (κ1) is 24.6. The molecular weight excluding hydrogens is 459 g/mol. The van der Waals surface area contributed by atoms with Gasteiger partial charge in [-0.2, -0.15) is 13.2 Å². The fourth-order valence-corrected chi connectivity index (χ4v) is 5.04. The summed E-state index contributed by atoms with van der Waals surface area (Å²) in [5.74, 6) is -0.366. The van der Waals surface area contributed by atoms with Crippen LogP contribution >= 0.6 is 0 Å². The first-order valence-corrected chi connectivity index (χ1v) is 11.5. The lowest BCUT2D eigenvalue weighted by Gasteiger charge is -2.36. The molecule has 35 heavy (non-hydrogen) atoms. The molecule has 1 fully saturated rings. The molecule has 2 N–H and O–H groups in total. The molecule has 1 aliphatic heterocycles. The van der Waals surface area contributed by atoms with Crippen molar-refractivity contribution < 1.29 is 27.5 Å². The Labute approximate surface area is 202 Å². The lowest BCUT2D eigenvalue weighted by molar-refractivity contribution is -0.138. The molecular formula is C26H28F3N3O3. The summed E-state index contributed by atoms with van der Waals surface area (Å²) in [4.78, 5) is 27.1. The van der Waals surface area contributed by atoms with Gasteiger partial charge in [-0.3, -0.25) is 9.59 Å². The molecule has 6 nitrogen and oxygen atoms in total. The van der Waals surface area contributed by atoms with E-state index < -0.39 is 30.6 Å². The Balaban J connectivity index is 1.47. The summed E-state index contributed by atoms with van der Waals surface area (Å²) in [7, 11) is 1.84. The van der Waals surface area contributed by atoms with E-state index in [1.54, 1.807) is 18.2 Å². The predicted molar refractivity (Wildman–Crippen MR) is 129 cm³/mol. The van der Waals surface area contributed by atoms with Crippen LogP contribution < -0.4 is 20.3 Å². The largest absolute Gasteiger partial charge is 0.490 e. The van der Waals surface area contributed by atoms with Crippen LogP contribution in [0.4, 0.5) is 24.5 Å². The summed E-state index contributed by atoms with van der Waals surface area (Å²) >= 11 is 0. The second kappa shape index (κ2) is 9.64. The number of alkyl halides is 3. The monoisotopic (exact) mass is 487 g/mol. The highest BCUT2D eigenvalue weighted by molar-refractivity contribution is 6.10. The maximum absolute atomic E-state index is 13.6. The smallest absolute Gasteiger partial charge is 0.405 e. The minimum atomic E-state index is -4.51. The third-order valence-electron chi connectivity index (χ3n) is 6.75. The number of nitrogens with one attached hydrogen (secondary N) is 2. The molecule has 2 aromatic rings. The minimum absolute atomic E-state index is 0.0807. The zero-order valence-corrected chi connectivity index (χ0v) is 19.5. The number of nitrogens with zero attached hydrogens (tertiary/aromatic N) is 1. The van der Waals surface area contributed by atoms with Crippen LogP contribution in [-0.4, -0.2) is 44.2 Å². The van der Waals surface area contributed by atoms with Crippen molar-refractivity contribution in [2.75, 3.05) is 30.4 Å². The number of carbonyl (C=O) groups excluding carboxylic acids is 2. The van der Waals surface area contributed by atoms with Crippen LogP contribution in [0, 0.1) is 0 Å². The molecule has 0 atom stereocenters. The van der Waals surface area contributed by atoms with Crippen LogP contribution in [0.2, 0.25) is 0 Å². The number of anilines is 2. The number of carbonyl (C=O) groups is 2. The molecule has 186 valence electrons. The average molecular weight is 488 g/mol. The van der Waals surface area contributed by atoms with Crippen molar-refractivity contribution in [1.82, 2.24) is 5.32 Å². The Kier molecular flexibility index (Phi) is 6.78. The van der Waals surface area contributed by atoms with Crippen LogP contribution in [0.1, 0.15) is 36.8 Å². The van der Waals surface area contributed by atoms with Crippen LogP contribution in [-0.2, 0) is 15.0 Å². The fraction of sp³-hybridized carbons (Fsp3) is 0.385. The molecule has 0 radical (unpaired) electrons. The maximum Gasteiger partial charge on any atom is 0.405 e. The zero-order valence-electron chi connectivity index (χ0n) is 19.5. The zero-order chi connectivity index (χ0) is 25.2. The summed E-state index contributed by atoms with van der Waals surface area (Å²) < 4.78 is 43.7. The van der Waals surface area contributed by atoms with Gasteiger partial charge in [0.2, 0.25) is 11.8 Å². The van der Waals surface area contributed by atoms with E-state index in [9.17, 15) is 22.8 Å². The van der Waals surface area contributed by atoms with Crippen molar-refractivity contribution in [2.45, 2.75) is 43.4 Å². The number of hydrogen-bond donors (Lipinski definition) is 2. The summed E-state index contributed by atoms with van der Waals surface area (Å²) in [6.07, 6.45) is -0.530. The lowest BCUT2D eigenvalue weighted by atomic mass is 9.69. The molecule has 9 heteroatoms. The fourth-order valence-electron chi connectivity index (χ4n) is 5.04. The van der Waals surface area contributed by atoms with Crippen molar-refractivity contribution >= 4 is 29.3 Å². The van der Waals surface area contributed by atoms with Crippen molar-refractivity contribution in [1.29, 1.82) is 0 Å². The third-order valence-corrected chi connectivity index (χ3v) is 6.75. The van der Waals surface area contributed by atoms with Crippen molar-refractivity contribution in [3.63, 3.8) is 0 Å². The van der Waals surface area contributed by atoms with E-state index in [2.05, 4.69) is 11.9 Å². The van der Waals surface area contributed by atoms with E-state index in [-0.39, 0.29) is 12.0 Å². The molecule has 2 aliphatic rings. The van der Waals surface area contributed by atoms with E-state index in [4.69, 9.17) is 4.74 Å². The molecule has 0 aromatic heterocycles. The van der Waals surface area contributed by atoms with Crippen molar-refractivity contribution in [3.8, 4) is 5.75 Å². The molecule has 1 saturated carbocycles. The van der Waals surface area contributed by atoms with E-state index in [0.29, 0.717) is 31.4 Å². The summed E-state index contributed by atoms with van der Waals surface area (Å²) in [5, 5.41) is 4.96. The van der Waals surface area contributed by atoms with Crippen molar-refractivity contribution in [3.05, 3.63) is 60.2 Å². The van der Waals surface area contributed by atoms with Gasteiger partial charge in [0.25, 0.3) is 0 Å². The number of fused-ring (bicyclic) bond motifs is 2. The van der Waals surface area contributed by atoms with Crippen molar-refractivity contribution in [2.24, 2.45) is 0 Å². The normalized spacial score (nSPS) is 21.5. The molecule has 0 bridgehead atoms. The molecule has 0 saturated heterocycles. The molecule has 1 aliphatic carbocycles. The molecule has 1 heterocycles. The van der Waals surface area contributed by atoms with Crippen LogP contribution in [0.15, 0.2) is 49.0 Å².